The number of benzene rings is 2. The Bertz CT molecular complexity index is 1080. The molecule has 1 unspecified atom stereocenters. The first-order valence-corrected chi connectivity index (χ1v) is 13.9. The highest BCUT2D eigenvalue weighted by molar-refractivity contribution is 5.79. The van der Waals surface area contributed by atoms with Crippen molar-refractivity contribution in [2.24, 2.45) is 11.8 Å². The number of allylic oxidation sites excluding steroid dienone is 1. The number of carbonyl (C=O) groups is 1. The molecule has 2 aromatic rings. The number of hydrogen-bond acceptors (Lipinski definition) is 3. The second-order valence-corrected chi connectivity index (χ2v) is 11.1. The van der Waals surface area contributed by atoms with Crippen LogP contribution >= 0.6 is 0 Å². The average Bonchev–Trinajstić information content (AvgIpc) is 2.86. The van der Waals surface area contributed by atoms with Gasteiger partial charge >= 0.3 is 12.1 Å². The SMILES string of the molecule is CCOC(=O)C(CC(C)C)c1cccc(-c2ccc(C(F)(F)F)c(C3CCN(CC=CC(C)C)CC3)c2)c1. The summed E-state index contributed by atoms with van der Waals surface area (Å²) in [4.78, 5) is 15.0. The number of rotatable bonds is 10. The van der Waals surface area contributed by atoms with Gasteiger partial charge in [0.2, 0.25) is 0 Å². The largest absolute Gasteiger partial charge is 0.466 e. The van der Waals surface area contributed by atoms with Gasteiger partial charge in [-0.1, -0.05) is 76.2 Å². The van der Waals surface area contributed by atoms with Crippen molar-refractivity contribution < 1.29 is 22.7 Å². The number of alkyl halides is 3. The van der Waals surface area contributed by atoms with Crippen LogP contribution in [0.25, 0.3) is 11.1 Å². The van der Waals surface area contributed by atoms with Crippen molar-refractivity contribution in [3.05, 3.63) is 71.3 Å². The van der Waals surface area contributed by atoms with Crippen LogP contribution in [0, 0.1) is 11.8 Å². The lowest BCUT2D eigenvalue weighted by Gasteiger charge is -2.33. The average molecular weight is 530 g/mol. The molecule has 0 saturated carbocycles. The molecule has 1 aliphatic heterocycles. The highest BCUT2D eigenvalue weighted by atomic mass is 19.4. The van der Waals surface area contributed by atoms with E-state index in [4.69, 9.17) is 4.74 Å². The highest BCUT2D eigenvalue weighted by Crippen LogP contribution is 2.41. The molecule has 0 N–H and O–H groups in total. The van der Waals surface area contributed by atoms with E-state index in [9.17, 15) is 18.0 Å². The minimum absolute atomic E-state index is 0.145. The third kappa shape index (κ3) is 8.20. The number of halogens is 3. The lowest BCUT2D eigenvalue weighted by molar-refractivity contribution is -0.145. The van der Waals surface area contributed by atoms with Crippen molar-refractivity contribution in [2.75, 3.05) is 26.2 Å². The first-order chi connectivity index (χ1) is 18.0. The van der Waals surface area contributed by atoms with Gasteiger partial charge < -0.3 is 4.74 Å². The van der Waals surface area contributed by atoms with Crippen LogP contribution in [0.15, 0.2) is 54.6 Å². The molecule has 6 heteroatoms. The number of piperidine rings is 1. The van der Waals surface area contributed by atoms with Crippen LogP contribution in [0.2, 0.25) is 0 Å². The summed E-state index contributed by atoms with van der Waals surface area (Å²) in [5.74, 6) is -0.0359. The fraction of sp³-hybridized carbons (Fsp3) is 0.531. The van der Waals surface area contributed by atoms with E-state index in [0.29, 0.717) is 37.4 Å². The number of hydrogen-bond donors (Lipinski definition) is 0. The summed E-state index contributed by atoms with van der Waals surface area (Å²) >= 11 is 0. The monoisotopic (exact) mass is 529 g/mol. The minimum atomic E-state index is -4.40. The molecular formula is C32H42F3NO2. The van der Waals surface area contributed by atoms with Gasteiger partial charge in [-0.25, -0.2) is 0 Å². The molecule has 0 radical (unpaired) electrons. The molecule has 0 amide bonds. The summed E-state index contributed by atoms with van der Waals surface area (Å²) in [6, 6.07) is 12.1. The normalized spacial score (nSPS) is 16.5. The molecular weight excluding hydrogens is 487 g/mol. The van der Waals surface area contributed by atoms with Crippen LogP contribution in [0.5, 0.6) is 0 Å². The number of ether oxygens (including phenoxy) is 1. The molecule has 1 aliphatic rings. The quantitative estimate of drug-likeness (QED) is 0.228. The van der Waals surface area contributed by atoms with Crippen LogP contribution in [-0.2, 0) is 15.7 Å². The Hall–Kier alpha value is -2.60. The van der Waals surface area contributed by atoms with Gasteiger partial charge in [0.15, 0.2) is 0 Å². The smallest absolute Gasteiger partial charge is 0.416 e. The predicted molar refractivity (Wildman–Crippen MR) is 148 cm³/mol. The van der Waals surface area contributed by atoms with Gasteiger partial charge in [-0.05, 0) is 85.3 Å². The summed E-state index contributed by atoms with van der Waals surface area (Å²) in [6.07, 6.45) is 1.95. The van der Waals surface area contributed by atoms with E-state index in [1.807, 2.05) is 24.3 Å². The lowest BCUT2D eigenvalue weighted by Crippen LogP contribution is -2.33. The highest BCUT2D eigenvalue weighted by Gasteiger charge is 2.36. The van der Waals surface area contributed by atoms with Crippen molar-refractivity contribution in [2.45, 2.75) is 71.9 Å². The van der Waals surface area contributed by atoms with Crippen LogP contribution in [0.4, 0.5) is 13.2 Å². The Labute approximate surface area is 226 Å². The summed E-state index contributed by atoms with van der Waals surface area (Å²) in [5.41, 5.74) is 2.22. The van der Waals surface area contributed by atoms with Crippen LogP contribution in [0.1, 0.15) is 82.4 Å². The van der Waals surface area contributed by atoms with Crippen molar-refractivity contribution in [1.29, 1.82) is 0 Å². The molecule has 1 saturated heterocycles. The molecule has 0 aromatic heterocycles. The Morgan fingerprint density at radius 2 is 1.74 bits per heavy atom. The topological polar surface area (TPSA) is 29.5 Å². The van der Waals surface area contributed by atoms with Gasteiger partial charge in [0.05, 0.1) is 18.1 Å². The van der Waals surface area contributed by atoms with Crippen molar-refractivity contribution in [3.8, 4) is 11.1 Å². The molecule has 1 atom stereocenters. The molecule has 0 aliphatic carbocycles. The standard InChI is InChI=1S/C32H42F3NO2/c1-6-38-31(37)29(19-23(4)5)27-11-7-10-25(20-27)26-12-13-30(32(33,34)35)28(21-26)24-14-17-36(18-15-24)16-8-9-22(2)3/h7-13,20-24,29H,6,14-19H2,1-5H3. The maximum absolute atomic E-state index is 14.0. The van der Waals surface area contributed by atoms with E-state index in [0.717, 1.165) is 36.3 Å². The van der Waals surface area contributed by atoms with E-state index >= 15 is 0 Å². The van der Waals surface area contributed by atoms with E-state index in [-0.39, 0.29) is 17.8 Å². The van der Waals surface area contributed by atoms with Crippen molar-refractivity contribution in [3.63, 3.8) is 0 Å². The minimum Gasteiger partial charge on any atom is -0.466 e. The van der Waals surface area contributed by atoms with E-state index in [2.05, 4.69) is 44.7 Å². The molecule has 1 heterocycles. The van der Waals surface area contributed by atoms with Gasteiger partial charge in [0.25, 0.3) is 0 Å². The summed E-state index contributed by atoms with van der Waals surface area (Å²) in [7, 11) is 0. The number of likely N-dealkylation sites (tertiary alicyclic amines) is 1. The molecule has 1 fully saturated rings. The molecule has 3 rings (SSSR count). The first-order valence-electron chi connectivity index (χ1n) is 13.9. The van der Waals surface area contributed by atoms with Crippen molar-refractivity contribution in [1.82, 2.24) is 4.90 Å². The molecule has 0 bridgehead atoms. The fourth-order valence-electron chi connectivity index (χ4n) is 5.26. The zero-order chi connectivity index (χ0) is 27.9. The molecule has 0 spiro atoms. The van der Waals surface area contributed by atoms with Gasteiger partial charge in [0.1, 0.15) is 0 Å². The van der Waals surface area contributed by atoms with Crippen LogP contribution in [-0.4, -0.2) is 37.1 Å². The lowest BCUT2D eigenvalue weighted by atomic mass is 9.84. The third-order valence-electron chi connectivity index (χ3n) is 7.17. The summed E-state index contributed by atoms with van der Waals surface area (Å²) < 4.78 is 47.4. The Kier molecular flexibility index (Phi) is 10.6. The summed E-state index contributed by atoms with van der Waals surface area (Å²) in [6.45, 7) is 12.9. The first kappa shape index (κ1) is 29.9. The van der Waals surface area contributed by atoms with Crippen LogP contribution in [0.3, 0.4) is 0 Å². The van der Waals surface area contributed by atoms with Gasteiger partial charge in [0, 0.05) is 6.54 Å². The van der Waals surface area contributed by atoms with Gasteiger partial charge in [-0.3, -0.25) is 9.69 Å². The Balaban J connectivity index is 1.90. The van der Waals surface area contributed by atoms with Crippen molar-refractivity contribution >= 4 is 5.97 Å². The summed E-state index contributed by atoms with van der Waals surface area (Å²) in [5, 5.41) is 0. The Morgan fingerprint density at radius 3 is 2.34 bits per heavy atom. The number of nitrogens with zero attached hydrogens (tertiary/aromatic N) is 1. The predicted octanol–water partition coefficient (Wildman–Crippen LogP) is 8.46. The van der Waals surface area contributed by atoms with E-state index < -0.39 is 17.7 Å². The number of esters is 1. The van der Waals surface area contributed by atoms with Gasteiger partial charge in [-0.15, -0.1) is 0 Å². The number of carbonyl (C=O) groups excluding carboxylic acids is 1. The zero-order valence-corrected chi connectivity index (χ0v) is 23.4. The van der Waals surface area contributed by atoms with E-state index in [1.165, 1.54) is 6.07 Å². The molecule has 2 aromatic carbocycles. The fourth-order valence-corrected chi connectivity index (χ4v) is 5.26. The third-order valence-corrected chi connectivity index (χ3v) is 7.17. The van der Waals surface area contributed by atoms with E-state index in [1.54, 1.807) is 19.1 Å². The van der Waals surface area contributed by atoms with Gasteiger partial charge in [-0.2, -0.15) is 13.2 Å². The maximum atomic E-state index is 14.0. The molecule has 38 heavy (non-hydrogen) atoms. The zero-order valence-electron chi connectivity index (χ0n) is 23.4. The second-order valence-electron chi connectivity index (χ2n) is 11.1. The Morgan fingerprint density at radius 1 is 1.05 bits per heavy atom. The molecule has 208 valence electrons. The second kappa shape index (κ2) is 13.5. The maximum Gasteiger partial charge on any atom is 0.416 e. The molecule has 3 nitrogen and oxygen atoms in total. The van der Waals surface area contributed by atoms with Crippen LogP contribution < -0.4 is 0 Å².